The Balaban J connectivity index is 3.90. The third kappa shape index (κ3) is 35.3. The van der Waals surface area contributed by atoms with Gasteiger partial charge in [-0.05, 0) is 38.5 Å². The first-order chi connectivity index (χ1) is 25.1. The minimum absolute atomic E-state index is 0.138. The van der Waals surface area contributed by atoms with Crippen LogP contribution in [0.1, 0.15) is 194 Å². The molecule has 1 amide bonds. The van der Waals surface area contributed by atoms with Gasteiger partial charge in [0.1, 0.15) is 12.7 Å². The van der Waals surface area contributed by atoms with Gasteiger partial charge in [-0.15, -0.1) is 0 Å². The summed E-state index contributed by atoms with van der Waals surface area (Å²) in [5.74, 6) is -2.38. The van der Waals surface area contributed by atoms with Crippen molar-refractivity contribution < 1.29 is 47.8 Å². The van der Waals surface area contributed by atoms with Gasteiger partial charge in [0.25, 0.3) is 0 Å². The molecule has 0 aromatic rings. The molecule has 0 bridgehead atoms. The van der Waals surface area contributed by atoms with Crippen LogP contribution in [0.25, 0.3) is 0 Å². The molecule has 0 spiro atoms. The van der Waals surface area contributed by atoms with Crippen LogP contribution in [0, 0.1) is 0 Å². The maximum atomic E-state index is 12.2. The number of nitrogens with one attached hydrogen (secondary N) is 1. The zero-order valence-corrected chi connectivity index (χ0v) is 33.8. The second-order valence-electron chi connectivity index (χ2n) is 14.2. The fraction of sp³-hybridized carbons (Fsp3) is 0.875. The number of aliphatic hydroxyl groups is 1. The summed E-state index contributed by atoms with van der Waals surface area (Å²) in [5.41, 5.74) is 0. The smallest absolute Gasteiger partial charge is 0.472 e. The van der Waals surface area contributed by atoms with Gasteiger partial charge < -0.3 is 25.2 Å². The number of hydrogen-bond donors (Lipinski definition) is 4. The second-order valence-corrected chi connectivity index (χ2v) is 15.6. The number of esters is 1. The molecule has 0 rings (SSSR count). The molecule has 0 fully saturated rings. The van der Waals surface area contributed by atoms with E-state index in [1.54, 1.807) is 0 Å². The number of aliphatic carboxylic acids is 1. The molecule has 306 valence electrons. The van der Waals surface area contributed by atoms with Crippen molar-refractivity contribution in [3.8, 4) is 0 Å². The van der Waals surface area contributed by atoms with Crippen LogP contribution in [-0.2, 0) is 32.7 Å². The predicted molar refractivity (Wildman–Crippen MR) is 208 cm³/mol. The quantitative estimate of drug-likeness (QED) is 0.0205. The van der Waals surface area contributed by atoms with Gasteiger partial charge in [-0.3, -0.25) is 18.6 Å². The van der Waals surface area contributed by atoms with E-state index in [0.29, 0.717) is 12.8 Å². The Morgan fingerprint density at radius 3 is 1.50 bits per heavy atom. The number of unbranched alkanes of at least 4 members (excludes halogenated alkanes) is 23. The van der Waals surface area contributed by atoms with E-state index in [9.17, 15) is 34.1 Å². The number of carboxylic acid groups (broad SMARTS) is 1. The number of phosphoric acid groups is 1. The van der Waals surface area contributed by atoms with Gasteiger partial charge in [0.05, 0.1) is 13.2 Å². The number of amides is 1. The highest BCUT2D eigenvalue weighted by Gasteiger charge is 2.28. The van der Waals surface area contributed by atoms with Gasteiger partial charge in [-0.25, -0.2) is 9.36 Å². The molecule has 0 aliphatic heterocycles. The molecule has 0 heterocycles. The van der Waals surface area contributed by atoms with Crippen molar-refractivity contribution >= 4 is 25.7 Å². The highest BCUT2D eigenvalue weighted by Crippen LogP contribution is 2.43. The van der Waals surface area contributed by atoms with E-state index in [1.165, 1.54) is 96.3 Å². The normalized spacial score (nSPS) is 13.9. The fourth-order valence-electron chi connectivity index (χ4n) is 5.78. The lowest BCUT2D eigenvalue weighted by molar-refractivity contribution is -0.147. The van der Waals surface area contributed by atoms with Gasteiger partial charge in [0, 0.05) is 12.8 Å². The van der Waals surface area contributed by atoms with Crippen molar-refractivity contribution in [3.63, 3.8) is 0 Å². The Kier molecular flexibility index (Phi) is 35.0. The Labute approximate surface area is 316 Å². The number of hydrogen-bond acceptors (Lipinski definition) is 8. The summed E-state index contributed by atoms with van der Waals surface area (Å²) < 4.78 is 26.8. The molecule has 3 unspecified atom stereocenters. The minimum atomic E-state index is -4.75. The maximum absolute atomic E-state index is 12.2. The molecule has 0 saturated heterocycles. The standard InChI is InChI=1S/C40H76NO10P/c1-3-5-7-9-11-13-15-17-18-19-20-22-24-26-28-30-32-39(44)49-33-36(42)34-50-52(47,48)51-35-37(40(45)46)41-38(43)31-29-27-25-23-21-16-14-12-10-8-6-4-2/h12,14,36-37,42H,3-11,13,15-35H2,1-2H3,(H,41,43)(H,45,46)(H,47,48)/b14-12-. The van der Waals surface area contributed by atoms with E-state index < -0.39 is 57.6 Å². The van der Waals surface area contributed by atoms with E-state index in [1.807, 2.05) is 0 Å². The average Bonchev–Trinajstić information content (AvgIpc) is 3.11. The van der Waals surface area contributed by atoms with Crippen molar-refractivity contribution in [3.05, 3.63) is 12.2 Å². The molecule has 12 heteroatoms. The SMILES string of the molecule is CCCCC/C=C\CCCCCCCC(=O)NC(COP(=O)(O)OCC(O)COC(=O)CCCCCCCCCCCCCCCCCC)C(=O)O. The van der Waals surface area contributed by atoms with Crippen LogP contribution in [0.2, 0.25) is 0 Å². The first kappa shape index (κ1) is 50.2. The lowest BCUT2D eigenvalue weighted by Crippen LogP contribution is -2.43. The third-order valence-electron chi connectivity index (χ3n) is 9.05. The molecule has 0 radical (unpaired) electrons. The summed E-state index contributed by atoms with van der Waals surface area (Å²) in [5, 5.41) is 21.8. The van der Waals surface area contributed by atoms with Crippen LogP contribution in [0.5, 0.6) is 0 Å². The van der Waals surface area contributed by atoms with Gasteiger partial charge >= 0.3 is 19.8 Å². The number of carbonyl (C=O) groups is 3. The molecule has 0 aromatic carbocycles. The highest BCUT2D eigenvalue weighted by atomic mass is 31.2. The molecule has 11 nitrogen and oxygen atoms in total. The zero-order chi connectivity index (χ0) is 38.5. The number of aliphatic hydroxyl groups excluding tert-OH is 1. The molecule has 0 saturated carbocycles. The Hall–Kier alpha value is -1.78. The summed E-state index contributed by atoms with van der Waals surface area (Å²) in [7, 11) is -4.75. The Morgan fingerprint density at radius 2 is 1.00 bits per heavy atom. The van der Waals surface area contributed by atoms with Crippen molar-refractivity contribution in [1.82, 2.24) is 5.32 Å². The fourth-order valence-corrected chi connectivity index (χ4v) is 6.55. The topological polar surface area (TPSA) is 169 Å². The molecule has 4 N–H and O–H groups in total. The van der Waals surface area contributed by atoms with Crippen LogP contribution in [0.15, 0.2) is 12.2 Å². The van der Waals surface area contributed by atoms with Gasteiger partial charge in [-0.1, -0.05) is 154 Å². The second kappa shape index (κ2) is 36.2. The predicted octanol–water partition coefficient (Wildman–Crippen LogP) is 10.1. The van der Waals surface area contributed by atoms with E-state index in [4.69, 9.17) is 13.8 Å². The first-order valence-corrected chi connectivity index (χ1v) is 22.2. The molecule has 0 aliphatic rings. The average molecular weight is 762 g/mol. The lowest BCUT2D eigenvalue weighted by Gasteiger charge is -2.18. The van der Waals surface area contributed by atoms with Gasteiger partial charge in [-0.2, -0.15) is 0 Å². The minimum Gasteiger partial charge on any atom is -0.480 e. The van der Waals surface area contributed by atoms with Gasteiger partial charge in [0.15, 0.2) is 6.04 Å². The summed E-state index contributed by atoms with van der Waals surface area (Å²) >= 11 is 0. The summed E-state index contributed by atoms with van der Waals surface area (Å²) in [6, 6.07) is -1.55. The van der Waals surface area contributed by atoms with Crippen molar-refractivity contribution in [2.75, 3.05) is 19.8 Å². The van der Waals surface area contributed by atoms with E-state index in [2.05, 4.69) is 31.3 Å². The van der Waals surface area contributed by atoms with Crippen molar-refractivity contribution in [2.45, 2.75) is 206 Å². The van der Waals surface area contributed by atoms with E-state index in [0.717, 1.165) is 57.8 Å². The Morgan fingerprint density at radius 1 is 0.596 bits per heavy atom. The lowest BCUT2D eigenvalue weighted by atomic mass is 10.0. The molecule has 0 aliphatic carbocycles. The van der Waals surface area contributed by atoms with Crippen molar-refractivity contribution in [2.24, 2.45) is 0 Å². The maximum Gasteiger partial charge on any atom is 0.472 e. The molecular formula is C40H76NO10P. The number of phosphoric ester groups is 1. The highest BCUT2D eigenvalue weighted by molar-refractivity contribution is 7.47. The number of allylic oxidation sites excluding steroid dienone is 2. The molecular weight excluding hydrogens is 685 g/mol. The monoisotopic (exact) mass is 762 g/mol. The number of carbonyl (C=O) groups excluding carboxylic acids is 2. The molecule has 52 heavy (non-hydrogen) atoms. The van der Waals surface area contributed by atoms with Crippen LogP contribution in [0.3, 0.4) is 0 Å². The van der Waals surface area contributed by atoms with E-state index in [-0.39, 0.29) is 12.8 Å². The van der Waals surface area contributed by atoms with Crippen LogP contribution in [-0.4, -0.2) is 64.9 Å². The van der Waals surface area contributed by atoms with Crippen molar-refractivity contribution in [1.29, 1.82) is 0 Å². The largest absolute Gasteiger partial charge is 0.480 e. The number of ether oxygens (including phenoxy) is 1. The summed E-state index contributed by atoms with van der Waals surface area (Å²) in [6.07, 6.45) is 33.8. The molecule has 0 aromatic heterocycles. The van der Waals surface area contributed by atoms with Crippen LogP contribution in [0.4, 0.5) is 0 Å². The zero-order valence-electron chi connectivity index (χ0n) is 32.9. The summed E-state index contributed by atoms with van der Waals surface area (Å²) in [4.78, 5) is 45.7. The summed E-state index contributed by atoms with van der Waals surface area (Å²) in [6.45, 7) is 2.56. The van der Waals surface area contributed by atoms with Crippen LogP contribution >= 0.6 is 7.82 Å². The van der Waals surface area contributed by atoms with Crippen LogP contribution < -0.4 is 5.32 Å². The first-order valence-electron chi connectivity index (χ1n) is 20.7. The molecule has 3 atom stereocenters. The number of rotatable bonds is 39. The van der Waals surface area contributed by atoms with Gasteiger partial charge in [0.2, 0.25) is 5.91 Å². The number of carboxylic acids is 1. The Bertz CT molecular complexity index is 947. The van der Waals surface area contributed by atoms with E-state index >= 15 is 0 Å². The third-order valence-corrected chi connectivity index (χ3v) is 10.0.